The third kappa shape index (κ3) is 4.40. The van der Waals surface area contributed by atoms with Crippen molar-refractivity contribution in [1.29, 1.82) is 0 Å². The van der Waals surface area contributed by atoms with E-state index in [1.54, 1.807) is 5.38 Å². The van der Waals surface area contributed by atoms with Crippen LogP contribution in [0.5, 0.6) is 5.75 Å². The van der Waals surface area contributed by atoms with Crippen molar-refractivity contribution in [2.24, 2.45) is 0 Å². The van der Waals surface area contributed by atoms with Gasteiger partial charge in [-0.2, -0.15) is 0 Å². The topological polar surface area (TPSA) is 51.2 Å². The standard InChI is InChI=1S/C18H13F3N2O2S/c19-13-6-7-14(18(21)17(13)20)23-15(24)8-11-10-26-16(22-11)9-25-12-4-2-1-3-5-12/h1-7,10H,8-9H2,(H,23,24). The van der Waals surface area contributed by atoms with Crippen LogP contribution in [0.25, 0.3) is 0 Å². The van der Waals surface area contributed by atoms with Crippen molar-refractivity contribution in [3.63, 3.8) is 0 Å². The van der Waals surface area contributed by atoms with Gasteiger partial charge in [-0.1, -0.05) is 18.2 Å². The average Bonchev–Trinajstić information content (AvgIpc) is 3.08. The molecule has 0 atom stereocenters. The Hall–Kier alpha value is -2.87. The van der Waals surface area contributed by atoms with Gasteiger partial charge in [0.1, 0.15) is 17.4 Å². The zero-order valence-corrected chi connectivity index (χ0v) is 14.2. The second-order valence-electron chi connectivity index (χ2n) is 5.28. The van der Waals surface area contributed by atoms with Gasteiger partial charge in [0.2, 0.25) is 5.91 Å². The van der Waals surface area contributed by atoms with E-state index in [2.05, 4.69) is 10.3 Å². The highest BCUT2D eigenvalue weighted by atomic mass is 32.1. The van der Waals surface area contributed by atoms with Gasteiger partial charge >= 0.3 is 0 Å². The molecule has 4 nitrogen and oxygen atoms in total. The van der Waals surface area contributed by atoms with Gasteiger partial charge in [0, 0.05) is 5.38 Å². The second-order valence-corrected chi connectivity index (χ2v) is 6.22. The molecule has 8 heteroatoms. The van der Waals surface area contributed by atoms with E-state index in [9.17, 15) is 18.0 Å². The lowest BCUT2D eigenvalue weighted by molar-refractivity contribution is -0.115. The summed E-state index contributed by atoms with van der Waals surface area (Å²) in [4.78, 5) is 16.2. The lowest BCUT2D eigenvalue weighted by Gasteiger charge is -2.06. The van der Waals surface area contributed by atoms with Crippen LogP contribution in [0.2, 0.25) is 0 Å². The highest BCUT2D eigenvalue weighted by Gasteiger charge is 2.16. The molecule has 0 aliphatic heterocycles. The summed E-state index contributed by atoms with van der Waals surface area (Å²) in [6.07, 6.45) is -0.125. The van der Waals surface area contributed by atoms with Crippen LogP contribution in [-0.4, -0.2) is 10.9 Å². The Morgan fingerprint density at radius 1 is 1.08 bits per heavy atom. The van der Waals surface area contributed by atoms with E-state index in [1.165, 1.54) is 11.3 Å². The first-order valence-corrected chi connectivity index (χ1v) is 8.45. The summed E-state index contributed by atoms with van der Waals surface area (Å²) in [5.41, 5.74) is 0.0546. The minimum atomic E-state index is -1.63. The number of carbonyl (C=O) groups excluding carboxylic acids is 1. The number of amides is 1. The largest absolute Gasteiger partial charge is 0.486 e. The molecule has 0 saturated carbocycles. The van der Waals surface area contributed by atoms with Crippen LogP contribution in [-0.2, 0) is 17.8 Å². The molecule has 1 amide bonds. The normalized spacial score (nSPS) is 10.6. The van der Waals surface area contributed by atoms with E-state index in [4.69, 9.17) is 4.74 Å². The quantitative estimate of drug-likeness (QED) is 0.650. The van der Waals surface area contributed by atoms with E-state index in [-0.39, 0.29) is 13.0 Å². The molecule has 0 saturated heterocycles. The summed E-state index contributed by atoms with van der Waals surface area (Å²) in [5.74, 6) is -4.26. The van der Waals surface area contributed by atoms with Crippen LogP contribution in [0.3, 0.4) is 0 Å². The highest BCUT2D eigenvalue weighted by molar-refractivity contribution is 7.09. The minimum absolute atomic E-state index is 0.125. The number of carbonyl (C=O) groups is 1. The second kappa shape index (κ2) is 8.01. The number of rotatable bonds is 6. The van der Waals surface area contributed by atoms with Gasteiger partial charge in [-0.15, -0.1) is 11.3 Å². The Labute approximate surface area is 151 Å². The Kier molecular flexibility index (Phi) is 5.52. The first kappa shape index (κ1) is 17.9. The van der Waals surface area contributed by atoms with Crippen molar-refractivity contribution < 1.29 is 22.7 Å². The van der Waals surface area contributed by atoms with Gasteiger partial charge < -0.3 is 10.1 Å². The molecule has 26 heavy (non-hydrogen) atoms. The molecule has 0 fully saturated rings. The van der Waals surface area contributed by atoms with Crippen molar-refractivity contribution in [3.05, 3.63) is 76.0 Å². The number of hydrogen-bond donors (Lipinski definition) is 1. The monoisotopic (exact) mass is 378 g/mol. The molecule has 0 spiro atoms. The predicted molar refractivity (Wildman–Crippen MR) is 91.5 cm³/mol. The average molecular weight is 378 g/mol. The molecule has 0 aliphatic carbocycles. The van der Waals surface area contributed by atoms with Gasteiger partial charge in [-0.05, 0) is 24.3 Å². The van der Waals surface area contributed by atoms with Crippen molar-refractivity contribution in [1.82, 2.24) is 4.98 Å². The Balaban J connectivity index is 1.57. The van der Waals surface area contributed by atoms with Crippen LogP contribution < -0.4 is 10.1 Å². The molecule has 3 aromatic rings. The third-order valence-electron chi connectivity index (χ3n) is 3.36. The van der Waals surface area contributed by atoms with Crippen LogP contribution in [0.1, 0.15) is 10.7 Å². The predicted octanol–water partition coefficient (Wildman–Crippen LogP) is 4.32. The Bertz CT molecular complexity index is 916. The van der Waals surface area contributed by atoms with Gasteiger partial charge in [-0.25, -0.2) is 18.2 Å². The van der Waals surface area contributed by atoms with Gasteiger partial charge in [0.25, 0.3) is 0 Å². The molecule has 2 aromatic carbocycles. The third-order valence-corrected chi connectivity index (χ3v) is 4.23. The number of hydrogen-bond acceptors (Lipinski definition) is 4. The van der Waals surface area contributed by atoms with Crippen LogP contribution in [0, 0.1) is 17.5 Å². The molecule has 0 bridgehead atoms. The molecule has 0 unspecified atom stereocenters. The smallest absolute Gasteiger partial charge is 0.230 e. The fourth-order valence-corrected chi connectivity index (χ4v) is 2.84. The van der Waals surface area contributed by atoms with E-state index in [1.807, 2.05) is 30.3 Å². The van der Waals surface area contributed by atoms with Crippen molar-refractivity contribution in [2.45, 2.75) is 13.0 Å². The maximum atomic E-state index is 13.6. The van der Waals surface area contributed by atoms with Crippen molar-refractivity contribution in [3.8, 4) is 5.75 Å². The summed E-state index contributed by atoms with van der Waals surface area (Å²) in [7, 11) is 0. The van der Waals surface area contributed by atoms with Gasteiger partial charge in [0.05, 0.1) is 17.8 Å². The minimum Gasteiger partial charge on any atom is -0.486 e. The van der Waals surface area contributed by atoms with Crippen LogP contribution in [0.15, 0.2) is 47.8 Å². The first-order valence-electron chi connectivity index (χ1n) is 7.57. The number of benzene rings is 2. The lowest BCUT2D eigenvalue weighted by Crippen LogP contribution is -2.16. The molecule has 0 radical (unpaired) electrons. The highest BCUT2D eigenvalue weighted by Crippen LogP contribution is 2.20. The van der Waals surface area contributed by atoms with Crippen LogP contribution >= 0.6 is 11.3 Å². The summed E-state index contributed by atoms with van der Waals surface area (Å²) in [6, 6.07) is 10.9. The summed E-state index contributed by atoms with van der Waals surface area (Å²) in [6.45, 7) is 0.258. The number of aromatic nitrogens is 1. The maximum absolute atomic E-state index is 13.6. The molecule has 1 aromatic heterocycles. The zero-order valence-electron chi connectivity index (χ0n) is 13.3. The van der Waals surface area contributed by atoms with Gasteiger partial charge in [0.15, 0.2) is 17.5 Å². The molecule has 134 valence electrons. The number of nitrogens with zero attached hydrogens (tertiary/aromatic N) is 1. The molecular weight excluding hydrogens is 365 g/mol. The number of thiazole rings is 1. The van der Waals surface area contributed by atoms with E-state index >= 15 is 0 Å². The fraction of sp³-hybridized carbons (Fsp3) is 0.111. The first-order chi connectivity index (χ1) is 12.5. The van der Waals surface area contributed by atoms with Crippen molar-refractivity contribution >= 4 is 22.9 Å². The number of anilines is 1. The number of nitrogens with one attached hydrogen (secondary N) is 1. The van der Waals surface area contributed by atoms with E-state index in [0.717, 1.165) is 12.1 Å². The fourth-order valence-electron chi connectivity index (χ4n) is 2.14. The zero-order chi connectivity index (χ0) is 18.5. The van der Waals surface area contributed by atoms with Crippen molar-refractivity contribution in [2.75, 3.05) is 5.32 Å². The molecule has 1 heterocycles. The van der Waals surface area contributed by atoms with E-state index < -0.39 is 29.0 Å². The summed E-state index contributed by atoms with van der Waals surface area (Å²) >= 11 is 1.32. The van der Waals surface area contributed by atoms with Gasteiger partial charge in [-0.3, -0.25) is 4.79 Å². The summed E-state index contributed by atoms with van der Waals surface area (Å²) in [5, 5.41) is 4.57. The molecule has 1 N–H and O–H groups in total. The molecular formula is C18H13F3N2O2S. The Morgan fingerprint density at radius 2 is 1.85 bits per heavy atom. The Morgan fingerprint density at radius 3 is 2.62 bits per heavy atom. The molecule has 0 aliphatic rings. The maximum Gasteiger partial charge on any atom is 0.230 e. The molecule has 3 rings (SSSR count). The number of para-hydroxylation sites is 1. The lowest BCUT2D eigenvalue weighted by atomic mass is 10.2. The SMILES string of the molecule is O=C(Cc1csc(COc2ccccc2)n1)Nc1ccc(F)c(F)c1F. The number of ether oxygens (including phenoxy) is 1. The summed E-state index contributed by atoms with van der Waals surface area (Å²) < 4.78 is 45.2. The van der Waals surface area contributed by atoms with Crippen LogP contribution in [0.4, 0.5) is 18.9 Å². The van der Waals surface area contributed by atoms with E-state index in [0.29, 0.717) is 16.5 Å². The number of halogens is 3.